The predicted molar refractivity (Wildman–Crippen MR) is 74.0 cm³/mol. The van der Waals surface area contributed by atoms with Gasteiger partial charge < -0.3 is 19.7 Å². The van der Waals surface area contributed by atoms with E-state index in [9.17, 15) is 19.5 Å². The van der Waals surface area contributed by atoms with E-state index in [2.05, 4.69) is 4.98 Å². The number of ether oxygens (including phenoxy) is 1. The van der Waals surface area contributed by atoms with Crippen molar-refractivity contribution >= 4 is 5.91 Å². The maximum atomic E-state index is 12.3. The van der Waals surface area contributed by atoms with Crippen molar-refractivity contribution in [2.45, 2.75) is 32.0 Å². The maximum Gasteiger partial charge on any atom is 0.325 e. The normalized spacial score (nSPS) is 21.3. The molecule has 2 rings (SSSR count). The van der Waals surface area contributed by atoms with E-state index in [0.29, 0.717) is 6.54 Å². The Bertz CT molecular complexity index is 605. The molecule has 1 aliphatic rings. The predicted octanol–water partition coefficient (Wildman–Crippen LogP) is -1.40. The fourth-order valence-electron chi connectivity index (χ4n) is 2.47. The molecule has 1 aromatic heterocycles. The molecule has 0 aliphatic carbocycles. The lowest BCUT2D eigenvalue weighted by Gasteiger charge is -2.42. The molecule has 0 saturated carbocycles. The molecule has 1 aliphatic heterocycles. The average Bonchev–Trinajstić information content (AvgIpc) is 2.35. The summed E-state index contributed by atoms with van der Waals surface area (Å²) < 4.78 is 5.64. The lowest BCUT2D eigenvalue weighted by molar-refractivity contribution is -0.166. The first-order chi connectivity index (χ1) is 9.79. The van der Waals surface area contributed by atoms with Crippen LogP contribution in [0.25, 0.3) is 0 Å². The summed E-state index contributed by atoms with van der Waals surface area (Å²) in [4.78, 5) is 40.7. The molecule has 0 radical (unpaired) electrons. The van der Waals surface area contributed by atoms with E-state index in [1.165, 1.54) is 6.07 Å². The number of hydrogen-bond donors (Lipinski definition) is 3. The molecule has 2 heterocycles. The Labute approximate surface area is 120 Å². The van der Waals surface area contributed by atoms with Crippen LogP contribution in [-0.4, -0.2) is 57.3 Å². The van der Waals surface area contributed by atoms with Gasteiger partial charge in [-0.15, -0.1) is 0 Å². The number of aromatic nitrogens is 2. The van der Waals surface area contributed by atoms with Crippen molar-refractivity contribution in [1.29, 1.82) is 0 Å². The van der Waals surface area contributed by atoms with Crippen molar-refractivity contribution in [2.24, 2.45) is 0 Å². The largest absolute Gasteiger partial charge is 0.394 e. The van der Waals surface area contributed by atoms with Crippen LogP contribution in [0.5, 0.6) is 0 Å². The highest BCUT2D eigenvalue weighted by atomic mass is 16.5. The van der Waals surface area contributed by atoms with Crippen LogP contribution in [-0.2, 0) is 16.0 Å². The molecule has 0 bridgehead atoms. The van der Waals surface area contributed by atoms with Crippen LogP contribution < -0.4 is 11.2 Å². The van der Waals surface area contributed by atoms with E-state index in [-0.39, 0.29) is 31.2 Å². The van der Waals surface area contributed by atoms with Crippen LogP contribution in [0.1, 0.15) is 19.5 Å². The minimum absolute atomic E-state index is 0.0760. The third kappa shape index (κ3) is 4.02. The van der Waals surface area contributed by atoms with Gasteiger partial charge in [-0.25, -0.2) is 4.79 Å². The van der Waals surface area contributed by atoms with E-state index in [1.54, 1.807) is 4.90 Å². The zero-order valence-electron chi connectivity index (χ0n) is 12.0. The minimum atomic E-state index is -0.638. The third-order valence-electron chi connectivity index (χ3n) is 3.20. The van der Waals surface area contributed by atoms with Gasteiger partial charge in [-0.3, -0.25) is 14.6 Å². The van der Waals surface area contributed by atoms with E-state index in [0.717, 1.165) is 0 Å². The van der Waals surface area contributed by atoms with E-state index in [1.807, 2.05) is 18.8 Å². The molecular weight excluding hydrogens is 278 g/mol. The van der Waals surface area contributed by atoms with E-state index < -0.39 is 23.0 Å². The number of carbonyl (C=O) groups is 1. The number of rotatable bonds is 3. The Kier molecular flexibility index (Phi) is 4.29. The molecule has 1 unspecified atom stereocenters. The van der Waals surface area contributed by atoms with Crippen molar-refractivity contribution in [3.63, 3.8) is 0 Å². The summed E-state index contributed by atoms with van der Waals surface area (Å²) in [7, 11) is 0. The molecule has 0 spiro atoms. The highest BCUT2D eigenvalue weighted by Gasteiger charge is 2.35. The van der Waals surface area contributed by atoms with Gasteiger partial charge in [0.25, 0.3) is 5.56 Å². The summed E-state index contributed by atoms with van der Waals surface area (Å²) in [5.41, 5.74) is -1.47. The minimum Gasteiger partial charge on any atom is -0.394 e. The van der Waals surface area contributed by atoms with Crippen LogP contribution in [0, 0.1) is 0 Å². The Morgan fingerprint density at radius 3 is 2.81 bits per heavy atom. The van der Waals surface area contributed by atoms with Gasteiger partial charge in [0, 0.05) is 24.8 Å². The number of nitrogens with one attached hydrogen (secondary N) is 2. The fraction of sp³-hybridized carbons (Fsp3) is 0.615. The van der Waals surface area contributed by atoms with Crippen LogP contribution >= 0.6 is 0 Å². The summed E-state index contributed by atoms with van der Waals surface area (Å²) in [5.74, 6) is -0.230. The second-order valence-electron chi connectivity index (χ2n) is 5.75. The second kappa shape index (κ2) is 5.82. The summed E-state index contributed by atoms with van der Waals surface area (Å²) in [5, 5.41) is 9.23. The molecule has 1 atom stereocenters. The number of aromatic amines is 2. The molecule has 8 nitrogen and oxygen atoms in total. The first-order valence-electron chi connectivity index (χ1n) is 6.68. The molecule has 1 aromatic rings. The van der Waals surface area contributed by atoms with Gasteiger partial charge in [0.2, 0.25) is 5.91 Å². The topological polar surface area (TPSA) is 115 Å². The Morgan fingerprint density at radius 2 is 2.19 bits per heavy atom. The zero-order valence-corrected chi connectivity index (χ0v) is 12.0. The van der Waals surface area contributed by atoms with Gasteiger partial charge in [0.15, 0.2) is 0 Å². The number of aliphatic hydroxyl groups excluding tert-OH is 1. The molecule has 8 heteroatoms. The van der Waals surface area contributed by atoms with Gasteiger partial charge in [0.1, 0.15) is 0 Å². The highest BCUT2D eigenvalue weighted by molar-refractivity contribution is 5.78. The Balaban J connectivity index is 2.12. The first kappa shape index (κ1) is 15.5. The molecule has 0 aromatic carbocycles. The SMILES string of the molecule is CC1(C)CN(C(=O)Cc2cc(=O)[nH]c(=O)[nH]2)CC(CO)O1. The van der Waals surface area contributed by atoms with Gasteiger partial charge in [-0.1, -0.05) is 0 Å². The molecule has 1 amide bonds. The molecule has 1 fully saturated rings. The maximum absolute atomic E-state index is 12.3. The number of nitrogens with zero attached hydrogens (tertiary/aromatic N) is 1. The van der Waals surface area contributed by atoms with Crippen molar-refractivity contribution in [1.82, 2.24) is 14.9 Å². The molecule has 116 valence electrons. The van der Waals surface area contributed by atoms with Gasteiger partial charge in [0.05, 0.1) is 24.7 Å². The van der Waals surface area contributed by atoms with E-state index in [4.69, 9.17) is 4.74 Å². The molecular formula is C13H19N3O5. The van der Waals surface area contributed by atoms with E-state index >= 15 is 0 Å². The Morgan fingerprint density at radius 1 is 1.48 bits per heavy atom. The number of amides is 1. The smallest absolute Gasteiger partial charge is 0.325 e. The van der Waals surface area contributed by atoms with Crippen molar-refractivity contribution in [3.8, 4) is 0 Å². The van der Waals surface area contributed by atoms with Gasteiger partial charge >= 0.3 is 5.69 Å². The molecule has 21 heavy (non-hydrogen) atoms. The number of morpholine rings is 1. The van der Waals surface area contributed by atoms with Crippen LogP contribution in [0.15, 0.2) is 15.7 Å². The molecule has 3 N–H and O–H groups in total. The standard InChI is InChI=1S/C13H19N3O5/c1-13(2)7-16(5-9(6-17)21-13)11(19)4-8-3-10(18)15-12(20)14-8/h3,9,17H,4-7H2,1-2H3,(H2,14,15,18,20). The number of carbonyl (C=O) groups excluding carboxylic acids is 1. The summed E-state index contributed by atoms with van der Waals surface area (Å²) in [6.45, 7) is 4.17. The van der Waals surface area contributed by atoms with Crippen molar-refractivity contribution < 1.29 is 14.6 Å². The van der Waals surface area contributed by atoms with Crippen LogP contribution in [0.3, 0.4) is 0 Å². The monoisotopic (exact) mass is 297 g/mol. The number of hydrogen-bond acceptors (Lipinski definition) is 5. The first-order valence-corrected chi connectivity index (χ1v) is 6.68. The lowest BCUT2D eigenvalue weighted by atomic mass is 10.0. The number of H-pyrrole nitrogens is 2. The van der Waals surface area contributed by atoms with Gasteiger partial charge in [-0.2, -0.15) is 0 Å². The van der Waals surface area contributed by atoms with Crippen LogP contribution in [0.2, 0.25) is 0 Å². The summed E-state index contributed by atoms with van der Waals surface area (Å²) in [6.07, 6.45) is -0.510. The second-order valence-corrected chi connectivity index (χ2v) is 5.75. The summed E-state index contributed by atoms with van der Waals surface area (Å²) >= 11 is 0. The van der Waals surface area contributed by atoms with Gasteiger partial charge in [-0.05, 0) is 13.8 Å². The average molecular weight is 297 g/mol. The highest BCUT2D eigenvalue weighted by Crippen LogP contribution is 2.21. The lowest BCUT2D eigenvalue weighted by Crippen LogP contribution is -2.56. The van der Waals surface area contributed by atoms with Crippen LogP contribution in [0.4, 0.5) is 0 Å². The third-order valence-corrected chi connectivity index (χ3v) is 3.20. The number of aliphatic hydroxyl groups is 1. The summed E-state index contributed by atoms with van der Waals surface area (Å²) in [6, 6.07) is 1.19. The Hall–Kier alpha value is -1.93. The fourth-order valence-corrected chi connectivity index (χ4v) is 2.47. The van der Waals surface area contributed by atoms with Crippen molar-refractivity contribution in [2.75, 3.05) is 19.7 Å². The molecule has 1 saturated heterocycles. The quantitative estimate of drug-likeness (QED) is 0.635. The zero-order chi connectivity index (χ0) is 15.6. The van der Waals surface area contributed by atoms with Crippen molar-refractivity contribution in [3.05, 3.63) is 32.6 Å².